The molecule has 0 aliphatic carbocycles. The summed E-state index contributed by atoms with van der Waals surface area (Å²) in [5, 5.41) is 1.08. The highest BCUT2D eigenvalue weighted by atomic mass is 32.2. The lowest BCUT2D eigenvalue weighted by atomic mass is 9.94. The molecule has 0 saturated heterocycles. The number of allylic oxidation sites excluding steroid dienone is 1. The van der Waals surface area contributed by atoms with Crippen molar-refractivity contribution < 1.29 is 22.7 Å². The average molecular weight is 491 g/mol. The number of ketones is 1. The minimum atomic E-state index is -3.60. The van der Waals surface area contributed by atoms with Crippen LogP contribution in [0.2, 0.25) is 0 Å². The highest BCUT2D eigenvalue weighted by Crippen LogP contribution is 2.40. The van der Waals surface area contributed by atoms with E-state index >= 15 is 0 Å². The Bertz CT molecular complexity index is 1550. The molecule has 0 saturated carbocycles. The number of methoxy groups -OCH3 is 2. The van der Waals surface area contributed by atoms with Crippen LogP contribution in [0.15, 0.2) is 78.2 Å². The molecule has 180 valence electrons. The van der Waals surface area contributed by atoms with E-state index in [2.05, 4.69) is 21.9 Å². The molecule has 1 N–H and O–H groups in total. The number of hydrogen-bond donors (Lipinski definition) is 1. The number of carbonyl (C=O) groups excluding carboxylic acids is 1. The molecule has 35 heavy (non-hydrogen) atoms. The Morgan fingerprint density at radius 1 is 0.943 bits per heavy atom. The Morgan fingerprint density at radius 2 is 1.60 bits per heavy atom. The lowest BCUT2D eigenvalue weighted by Gasteiger charge is -2.17. The summed E-state index contributed by atoms with van der Waals surface area (Å²) >= 11 is 0. The zero-order valence-electron chi connectivity index (χ0n) is 20.0. The molecule has 4 aromatic rings. The number of hydrogen-bond acceptors (Lipinski definition) is 5. The summed E-state index contributed by atoms with van der Waals surface area (Å²) in [6, 6.07) is 19.4. The monoisotopic (exact) mass is 490 g/mol. The third kappa shape index (κ3) is 4.34. The van der Waals surface area contributed by atoms with Gasteiger partial charge in [-0.1, -0.05) is 24.8 Å². The van der Waals surface area contributed by atoms with Gasteiger partial charge in [-0.15, -0.1) is 0 Å². The van der Waals surface area contributed by atoms with Crippen molar-refractivity contribution in [3.8, 4) is 22.8 Å². The van der Waals surface area contributed by atoms with Gasteiger partial charge >= 0.3 is 0 Å². The maximum atomic E-state index is 13.3. The summed E-state index contributed by atoms with van der Waals surface area (Å²) in [6.07, 6.45) is 0. The number of ether oxygens (including phenoxy) is 2. The van der Waals surface area contributed by atoms with Crippen LogP contribution in [-0.2, 0) is 17.1 Å². The molecule has 1 heterocycles. The number of fused-ring (bicyclic) bond motifs is 1. The van der Waals surface area contributed by atoms with Gasteiger partial charge in [-0.25, -0.2) is 13.1 Å². The van der Waals surface area contributed by atoms with Crippen LogP contribution in [0.1, 0.15) is 15.9 Å². The smallest absolute Gasteiger partial charge is 0.240 e. The van der Waals surface area contributed by atoms with E-state index in [1.807, 2.05) is 37.4 Å². The molecular weight excluding hydrogens is 464 g/mol. The molecule has 0 unspecified atom stereocenters. The molecule has 0 radical (unpaired) electrons. The minimum Gasteiger partial charge on any atom is -0.496 e. The van der Waals surface area contributed by atoms with Gasteiger partial charge in [0.05, 0.1) is 24.8 Å². The van der Waals surface area contributed by atoms with Crippen molar-refractivity contribution in [3.63, 3.8) is 0 Å². The van der Waals surface area contributed by atoms with E-state index in [0.29, 0.717) is 22.6 Å². The maximum absolute atomic E-state index is 13.3. The zero-order valence-corrected chi connectivity index (χ0v) is 20.8. The van der Waals surface area contributed by atoms with Gasteiger partial charge < -0.3 is 14.0 Å². The van der Waals surface area contributed by atoms with E-state index in [1.165, 1.54) is 38.4 Å². The normalized spacial score (nSPS) is 11.4. The third-order valence-corrected chi connectivity index (χ3v) is 7.47. The van der Waals surface area contributed by atoms with Gasteiger partial charge in [0, 0.05) is 46.3 Å². The largest absolute Gasteiger partial charge is 0.496 e. The predicted molar refractivity (Wildman–Crippen MR) is 138 cm³/mol. The van der Waals surface area contributed by atoms with Crippen LogP contribution in [0.5, 0.6) is 11.5 Å². The zero-order chi connectivity index (χ0) is 25.3. The van der Waals surface area contributed by atoms with Crippen molar-refractivity contribution in [1.29, 1.82) is 0 Å². The van der Waals surface area contributed by atoms with Gasteiger partial charge in [-0.3, -0.25) is 4.79 Å². The number of Topliss-reactive ketones (excluding diaryl/α,β-unsaturated/α-hetero) is 1. The SMILES string of the molecule is C=C(C(=O)c1ccc(S(=O)(=O)NC)cc1)c1cc(-c2cc3ccccc3n2C)c(OC)cc1OC. The number of para-hydroxylation sites is 1. The van der Waals surface area contributed by atoms with Crippen molar-refractivity contribution in [2.24, 2.45) is 7.05 Å². The second kappa shape index (κ2) is 9.40. The van der Waals surface area contributed by atoms with Crippen molar-refractivity contribution in [3.05, 3.63) is 84.4 Å². The van der Waals surface area contributed by atoms with Crippen LogP contribution < -0.4 is 14.2 Å². The van der Waals surface area contributed by atoms with Crippen molar-refractivity contribution in [1.82, 2.24) is 9.29 Å². The fraction of sp³-hybridized carbons (Fsp3) is 0.148. The molecule has 4 rings (SSSR count). The molecule has 1 aromatic heterocycles. The van der Waals surface area contributed by atoms with Gasteiger partial charge in [-0.2, -0.15) is 0 Å². The summed E-state index contributed by atoms with van der Waals surface area (Å²) in [5.74, 6) is 0.695. The van der Waals surface area contributed by atoms with Crippen molar-refractivity contribution in [2.75, 3.05) is 21.3 Å². The molecule has 0 bridgehead atoms. The van der Waals surface area contributed by atoms with E-state index in [9.17, 15) is 13.2 Å². The van der Waals surface area contributed by atoms with Crippen LogP contribution in [0.4, 0.5) is 0 Å². The first-order valence-corrected chi connectivity index (χ1v) is 12.3. The highest BCUT2D eigenvalue weighted by molar-refractivity contribution is 7.89. The Morgan fingerprint density at radius 3 is 2.20 bits per heavy atom. The Balaban J connectivity index is 1.80. The van der Waals surface area contributed by atoms with Crippen LogP contribution in [0.3, 0.4) is 0 Å². The lowest BCUT2D eigenvalue weighted by molar-refractivity contribution is 0.105. The lowest BCUT2D eigenvalue weighted by Crippen LogP contribution is -2.18. The number of benzene rings is 3. The van der Waals surface area contributed by atoms with Crippen molar-refractivity contribution in [2.45, 2.75) is 4.90 Å². The fourth-order valence-corrected chi connectivity index (χ4v) is 4.81. The van der Waals surface area contributed by atoms with Gasteiger partial charge in [0.25, 0.3) is 0 Å². The molecule has 8 heteroatoms. The van der Waals surface area contributed by atoms with Crippen LogP contribution in [0, 0.1) is 0 Å². The fourth-order valence-electron chi connectivity index (χ4n) is 4.08. The van der Waals surface area contributed by atoms with Crippen molar-refractivity contribution >= 4 is 32.3 Å². The Hall–Kier alpha value is -3.88. The van der Waals surface area contributed by atoms with E-state index in [-0.39, 0.29) is 16.3 Å². The van der Waals surface area contributed by atoms with Gasteiger partial charge in [0.1, 0.15) is 11.5 Å². The highest BCUT2D eigenvalue weighted by Gasteiger charge is 2.22. The maximum Gasteiger partial charge on any atom is 0.240 e. The molecular formula is C27H26N2O5S. The first-order valence-electron chi connectivity index (χ1n) is 10.8. The molecule has 0 aliphatic rings. The number of rotatable bonds is 8. The Kier molecular flexibility index (Phi) is 6.51. The molecule has 0 fully saturated rings. The van der Waals surface area contributed by atoms with Gasteiger partial charge in [0.2, 0.25) is 10.0 Å². The molecule has 0 aliphatic heterocycles. The number of aromatic nitrogens is 1. The number of nitrogens with one attached hydrogen (secondary N) is 1. The van der Waals surface area contributed by atoms with Crippen LogP contribution in [-0.4, -0.2) is 40.0 Å². The Labute approximate surface area is 204 Å². The van der Waals surface area contributed by atoms with E-state index < -0.39 is 10.0 Å². The van der Waals surface area contributed by atoms with E-state index in [1.54, 1.807) is 13.2 Å². The number of carbonyl (C=O) groups is 1. The second-order valence-electron chi connectivity index (χ2n) is 7.94. The van der Waals surface area contributed by atoms with E-state index in [4.69, 9.17) is 9.47 Å². The molecule has 0 amide bonds. The first kappa shape index (κ1) is 24.3. The summed E-state index contributed by atoms with van der Waals surface area (Å²) in [6.45, 7) is 4.04. The van der Waals surface area contributed by atoms with Gasteiger partial charge in [0.15, 0.2) is 5.78 Å². The minimum absolute atomic E-state index is 0.0715. The quantitative estimate of drug-likeness (QED) is 0.287. The van der Waals surface area contributed by atoms with Gasteiger partial charge in [-0.05, 0) is 49.5 Å². The second-order valence-corrected chi connectivity index (χ2v) is 9.83. The first-order chi connectivity index (χ1) is 16.7. The molecule has 0 atom stereocenters. The summed E-state index contributed by atoms with van der Waals surface area (Å²) in [5.41, 5.74) is 3.81. The third-order valence-electron chi connectivity index (χ3n) is 6.04. The predicted octanol–water partition coefficient (Wildman–Crippen LogP) is 4.67. The summed E-state index contributed by atoms with van der Waals surface area (Å²) in [4.78, 5) is 13.4. The topological polar surface area (TPSA) is 86.6 Å². The number of sulfonamides is 1. The molecule has 0 spiro atoms. The summed E-state index contributed by atoms with van der Waals surface area (Å²) < 4.78 is 39.5. The molecule has 3 aromatic carbocycles. The number of aryl methyl sites for hydroxylation is 1. The average Bonchev–Trinajstić information content (AvgIpc) is 3.23. The standard InChI is InChI=1S/C27H26N2O5S/c1-17(27(30)18-10-12-20(13-11-18)35(31,32)28-2)21-15-22(26(34-5)16-25(21)33-4)24-14-19-8-6-7-9-23(19)29(24)3/h6-16,28H,1H2,2-5H3. The van der Waals surface area contributed by atoms with E-state index in [0.717, 1.165) is 22.2 Å². The number of nitrogens with zero attached hydrogens (tertiary/aromatic N) is 1. The van der Waals surface area contributed by atoms with Crippen LogP contribution >= 0.6 is 0 Å². The summed E-state index contributed by atoms with van der Waals surface area (Å²) in [7, 11) is 2.81. The molecule has 7 nitrogen and oxygen atoms in total. The van der Waals surface area contributed by atoms with Crippen LogP contribution in [0.25, 0.3) is 27.7 Å².